The fraction of sp³-hybridized carbons (Fsp3) is 0.625. The van der Waals surface area contributed by atoms with E-state index < -0.39 is 0 Å². The first-order valence-electron chi connectivity index (χ1n) is 7.11. The van der Waals surface area contributed by atoms with Crippen LogP contribution in [0.1, 0.15) is 39.5 Å². The van der Waals surface area contributed by atoms with Crippen LogP contribution in [-0.2, 0) is 14.3 Å². The summed E-state index contributed by atoms with van der Waals surface area (Å²) in [5.41, 5.74) is 0. The van der Waals surface area contributed by atoms with E-state index >= 15 is 0 Å². The van der Waals surface area contributed by atoms with Crippen LogP contribution in [0.5, 0.6) is 0 Å². The topological polar surface area (TPSA) is 43.4 Å². The molecule has 0 radical (unpaired) electrons. The third-order valence-electron chi connectivity index (χ3n) is 3.70. The number of allylic oxidation sites excluding steroid dienone is 4. The van der Waals surface area contributed by atoms with Gasteiger partial charge in [0.15, 0.2) is 0 Å². The number of carbonyl (C=O) groups excluding carboxylic acids is 2. The van der Waals surface area contributed by atoms with Crippen molar-refractivity contribution in [2.45, 2.75) is 39.5 Å². The summed E-state index contributed by atoms with van der Waals surface area (Å²) >= 11 is 0. The molecule has 0 unspecified atom stereocenters. The molecule has 1 heterocycles. The van der Waals surface area contributed by atoms with Gasteiger partial charge in [0, 0.05) is 6.42 Å². The molecular formula is C16H24O3. The Bertz CT molecular complexity index is 344. The number of carbonyl (C=O) groups is 2. The molecule has 3 heteroatoms. The Morgan fingerprint density at radius 1 is 1.42 bits per heavy atom. The van der Waals surface area contributed by atoms with Crippen molar-refractivity contribution in [1.29, 1.82) is 0 Å². The van der Waals surface area contributed by atoms with Gasteiger partial charge in [-0.1, -0.05) is 38.2 Å². The molecule has 3 nitrogen and oxygen atoms in total. The van der Waals surface area contributed by atoms with Gasteiger partial charge < -0.3 is 9.53 Å². The van der Waals surface area contributed by atoms with Gasteiger partial charge in [0.05, 0.1) is 13.0 Å². The SMILES string of the molecule is CC[C@@H](/C=C/C=C/[C@H]1CCOC(=O)C1)[C@H](C)CC=O. The molecule has 1 fully saturated rings. The predicted octanol–water partition coefficient (Wildman–Crippen LogP) is 3.30. The normalized spacial score (nSPS) is 23.5. The van der Waals surface area contributed by atoms with Crippen molar-refractivity contribution in [3.05, 3.63) is 24.3 Å². The molecule has 0 N–H and O–H groups in total. The molecule has 0 amide bonds. The standard InChI is InChI=1S/C16H24O3/c1-3-15(13(2)8-10-17)7-5-4-6-14-9-11-19-16(18)12-14/h4-7,10,13-15H,3,8-9,11-12H2,1-2H3/b6-4+,7-5+/t13-,14+,15+/m1/s1. The summed E-state index contributed by atoms with van der Waals surface area (Å²) in [7, 11) is 0. The second-order valence-electron chi connectivity index (χ2n) is 5.19. The van der Waals surface area contributed by atoms with Gasteiger partial charge in [-0.05, 0) is 30.6 Å². The smallest absolute Gasteiger partial charge is 0.306 e. The molecule has 19 heavy (non-hydrogen) atoms. The molecule has 106 valence electrons. The zero-order valence-corrected chi connectivity index (χ0v) is 11.9. The van der Waals surface area contributed by atoms with E-state index in [4.69, 9.17) is 4.74 Å². The van der Waals surface area contributed by atoms with Crippen LogP contribution in [0.4, 0.5) is 0 Å². The summed E-state index contributed by atoms with van der Waals surface area (Å²) in [6.45, 7) is 4.77. The summed E-state index contributed by atoms with van der Waals surface area (Å²) < 4.78 is 4.90. The highest BCUT2D eigenvalue weighted by atomic mass is 16.5. The largest absolute Gasteiger partial charge is 0.466 e. The average molecular weight is 264 g/mol. The van der Waals surface area contributed by atoms with Gasteiger partial charge in [-0.3, -0.25) is 4.79 Å². The minimum atomic E-state index is -0.101. The van der Waals surface area contributed by atoms with Gasteiger partial charge in [-0.2, -0.15) is 0 Å². The quantitative estimate of drug-likeness (QED) is 0.402. The van der Waals surface area contributed by atoms with Crippen LogP contribution in [-0.4, -0.2) is 18.9 Å². The zero-order valence-electron chi connectivity index (χ0n) is 11.9. The molecule has 0 aromatic rings. The summed E-state index contributed by atoms with van der Waals surface area (Å²) in [5.74, 6) is 1.03. The highest BCUT2D eigenvalue weighted by molar-refractivity contribution is 5.70. The van der Waals surface area contributed by atoms with Crippen LogP contribution >= 0.6 is 0 Å². The summed E-state index contributed by atoms with van der Waals surface area (Å²) in [4.78, 5) is 21.6. The molecule has 0 saturated carbocycles. The van der Waals surface area contributed by atoms with Crippen molar-refractivity contribution in [3.63, 3.8) is 0 Å². The molecule has 1 saturated heterocycles. The molecule has 1 rings (SSSR count). The Morgan fingerprint density at radius 3 is 2.84 bits per heavy atom. The van der Waals surface area contributed by atoms with E-state index in [1.54, 1.807) is 0 Å². The first kappa shape index (κ1) is 15.7. The second kappa shape index (κ2) is 8.68. The van der Waals surface area contributed by atoms with Crippen LogP contribution < -0.4 is 0 Å². The lowest BCUT2D eigenvalue weighted by Crippen LogP contribution is -2.19. The number of esters is 1. The number of aldehydes is 1. The molecule has 0 spiro atoms. The second-order valence-corrected chi connectivity index (χ2v) is 5.19. The lowest BCUT2D eigenvalue weighted by molar-refractivity contribution is -0.148. The van der Waals surface area contributed by atoms with Crippen molar-refractivity contribution in [1.82, 2.24) is 0 Å². The summed E-state index contributed by atoms with van der Waals surface area (Å²) in [5, 5.41) is 0. The Labute approximate surface area is 115 Å². The van der Waals surface area contributed by atoms with Crippen LogP contribution in [0, 0.1) is 17.8 Å². The van der Waals surface area contributed by atoms with E-state index in [1.165, 1.54) is 0 Å². The minimum Gasteiger partial charge on any atom is -0.466 e. The predicted molar refractivity (Wildman–Crippen MR) is 75.6 cm³/mol. The molecule has 1 aliphatic rings. The van der Waals surface area contributed by atoms with Gasteiger partial charge in [0.2, 0.25) is 0 Å². The minimum absolute atomic E-state index is 0.101. The van der Waals surface area contributed by atoms with Gasteiger partial charge in [0.25, 0.3) is 0 Å². The van der Waals surface area contributed by atoms with E-state index in [9.17, 15) is 9.59 Å². The van der Waals surface area contributed by atoms with Crippen LogP contribution in [0.25, 0.3) is 0 Å². The zero-order chi connectivity index (χ0) is 14.1. The van der Waals surface area contributed by atoms with Crippen LogP contribution in [0.3, 0.4) is 0 Å². The fourth-order valence-electron chi connectivity index (χ4n) is 2.35. The van der Waals surface area contributed by atoms with Gasteiger partial charge >= 0.3 is 5.97 Å². The number of hydrogen-bond acceptors (Lipinski definition) is 3. The number of cyclic esters (lactones) is 1. The lowest BCUT2D eigenvalue weighted by atomic mass is 9.89. The fourth-order valence-corrected chi connectivity index (χ4v) is 2.35. The maximum absolute atomic E-state index is 11.1. The van der Waals surface area contributed by atoms with Crippen LogP contribution in [0.2, 0.25) is 0 Å². The Balaban J connectivity index is 2.42. The third kappa shape index (κ3) is 5.86. The Kier molecular flexibility index (Phi) is 7.16. The summed E-state index contributed by atoms with van der Waals surface area (Å²) in [6, 6.07) is 0. The van der Waals surface area contributed by atoms with Gasteiger partial charge in [0.1, 0.15) is 6.29 Å². The van der Waals surface area contributed by atoms with Crippen molar-refractivity contribution >= 4 is 12.3 Å². The molecule has 0 aromatic carbocycles. The molecular weight excluding hydrogens is 240 g/mol. The van der Waals surface area contributed by atoms with Crippen LogP contribution in [0.15, 0.2) is 24.3 Å². The maximum atomic E-state index is 11.1. The first-order valence-corrected chi connectivity index (χ1v) is 7.11. The van der Waals surface area contributed by atoms with E-state index in [0.29, 0.717) is 37.2 Å². The monoisotopic (exact) mass is 264 g/mol. The third-order valence-corrected chi connectivity index (χ3v) is 3.70. The number of rotatable bonds is 7. The molecule has 3 atom stereocenters. The Hall–Kier alpha value is -1.38. The highest BCUT2D eigenvalue weighted by Gasteiger charge is 2.17. The highest BCUT2D eigenvalue weighted by Crippen LogP contribution is 2.20. The number of hydrogen-bond donors (Lipinski definition) is 0. The molecule has 0 aromatic heterocycles. The summed E-state index contributed by atoms with van der Waals surface area (Å²) in [6.07, 6.45) is 12.3. The van der Waals surface area contributed by atoms with Crippen molar-refractivity contribution < 1.29 is 14.3 Å². The van der Waals surface area contributed by atoms with Crippen molar-refractivity contribution in [2.75, 3.05) is 6.61 Å². The van der Waals surface area contributed by atoms with Gasteiger partial charge in [-0.15, -0.1) is 0 Å². The van der Waals surface area contributed by atoms with E-state index in [0.717, 1.165) is 19.1 Å². The van der Waals surface area contributed by atoms with E-state index in [2.05, 4.69) is 26.0 Å². The van der Waals surface area contributed by atoms with Gasteiger partial charge in [-0.25, -0.2) is 0 Å². The number of ether oxygens (including phenoxy) is 1. The van der Waals surface area contributed by atoms with E-state index in [1.807, 2.05) is 12.2 Å². The van der Waals surface area contributed by atoms with E-state index in [-0.39, 0.29) is 5.97 Å². The van der Waals surface area contributed by atoms with Crippen molar-refractivity contribution in [3.8, 4) is 0 Å². The lowest BCUT2D eigenvalue weighted by Gasteiger charge is -2.18. The average Bonchev–Trinajstić information content (AvgIpc) is 2.39. The molecule has 0 aliphatic carbocycles. The Morgan fingerprint density at radius 2 is 2.21 bits per heavy atom. The van der Waals surface area contributed by atoms with Crippen molar-refractivity contribution in [2.24, 2.45) is 17.8 Å². The molecule has 0 bridgehead atoms. The maximum Gasteiger partial charge on any atom is 0.306 e. The first-order chi connectivity index (χ1) is 9.17. The molecule has 1 aliphatic heterocycles.